The summed E-state index contributed by atoms with van der Waals surface area (Å²) in [5.41, 5.74) is 0.678. The quantitative estimate of drug-likeness (QED) is 0.705. The van der Waals surface area contributed by atoms with Crippen LogP contribution >= 0.6 is 31.9 Å². The number of hydrogen-bond acceptors (Lipinski definition) is 2. The van der Waals surface area contributed by atoms with E-state index in [-0.39, 0.29) is 11.9 Å². The molecular formula is C15H19Br2NO2. The van der Waals surface area contributed by atoms with E-state index in [4.69, 9.17) is 4.74 Å². The first-order chi connectivity index (χ1) is 9.67. The first kappa shape index (κ1) is 15.8. The molecule has 1 aromatic carbocycles. The van der Waals surface area contributed by atoms with Crippen molar-refractivity contribution >= 4 is 37.8 Å². The number of carbonyl (C=O) groups excluding carboxylic acids is 1. The van der Waals surface area contributed by atoms with Crippen molar-refractivity contribution in [2.75, 3.05) is 19.0 Å². The van der Waals surface area contributed by atoms with E-state index in [1.807, 2.05) is 23.1 Å². The van der Waals surface area contributed by atoms with Crippen LogP contribution in [-0.4, -0.2) is 35.8 Å². The zero-order valence-electron chi connectivity index (χ0n) is 11.6. The SMILES string of the molecule is COc1ccc(Br)c(C(=O)N2CCCCCC2CBr)c1. The number of likely N-dealkylation sites (tertiary alicyclic amines) is 1. The number of nitrogens with zero attached hydrogens (tertiary/aromatic N) is 1. The van der Waals surface area contributed by atoms with Crippen LogP contribution in [-0.2, 0) is 0 Å². The Morgan fingerprint density at radius 2 is 2.20 bits per heavy atom. The van der Waals surface area contributed by atoms with Crippen LogP contribution in [0.1, 0.15) is 36.0 Å². The van der Waals surface area contributed by atoms with Crippen LogP contribution in [0, 0.1) is 0 Å². The first-order valence-corrected chi connectivity index (χ1v) is 8.79. The van der Waals surface area contributed by atoms with Gasteiger partial charge in [0.05, 0.1) is 12.7 Å². The second-order valence-electron chi connectivity index (χ2n) is 5.00. The lowest BCUT2D eigenvalue weighted by Crippen LogP contribution is -2.41. The first-order valence-electron chi connectivity index (χ1n) is 6.88. The van der Waals surface area contributed by atoms with Crippen molar-refractivity contribution in [1.82, 2.24) is 4.90 Å². The lowest BCUT2D eigenvalue weighted by molar-refractivity contribution is 0.0701. The third kappa shape index (κ3) is 3.55. The molecule has 1 heterocycles. The van der Waals surface area contributed by atoms with Gasteiger partial charge in [0.2, 0.25) is 0 Å². The summed E-state index contributed by atoms with van der Waals surface area (Å²) < 4.78 is 6.04. The van der Waals surface area contributed by atoms with E-state index < -0.39 is 0 Å². The average Bonchev–Trinajstić information content (AvgIpc) is 2.72. The highest BCUT2D eigenvalue weighted by molar-refractivity contribution is 9.10. The minimum Gasteiger partial charge on any atom is -0.497 e. The van der Waals surface area contributed by atoms with E-state index in [0.717, 1.165) is 29.2 Å². The molecule has 1 atom stereocenters. The van der Waals surface area contributed by atoms with Crippen LogP contribution in [0.3, 0.4) is 0 Å². The fraction of sp³-hybridized carbons (Fsp3) is 0.533. The number of amides is 1. The minimum atomic E-state index is 0.0853. The molecule has 1 aliphatic heterocycles. The number of methoxy groups -OCH3 is 1. The monoisotopic (exact) mass is 403 g/mol. The number of rotatable bonds is 3. The summed E-state index contributed by atoms with van der Waals surface area (Å²) in [4.78, 5) is 14.8. The predicted octanol–water partition coefficient (Wildman–Crippen LogP) is 4.24. The second-order valence-corrected chi connectivity index (χ2v) is 6.50. The van der Waals surface area contributed by atoms with E-state index in [2.05, 4.69) is 31.9 Å². The topological polar surface area (TPSA) is 29.5 Å². The summed E-state index contributed by atoms with van der Waals surface area (Å²) in [5, 5.41) is 0.834. The average molecular weight is 405 g/mol. The summed E-state index contributed by atoms with van der Waals surface area (Å²) in [5.74, 6) is 0.795. The standard InChI is InChI=1S/C15H19Br2NO2/c1-20-12-6-7-14(17)13(9-12)15(19)18-8-4-2-3-5-11(18)10-16/h6-7,9,11H,2-5,8,10H2,1H3. The van der Waals surface area contributed by atoms with Gasteiger partial charge in [0, 0.05) is 22.4 Å². The molecule has 1 amide bonds. The molecule has 1 fully saturated rings. The molecule has 20 heavy (non-hydrogen) atoms. The summed E-state index contributed by atoms with van der Waals surface area (Å²) in [6.45, 7) is 0.832. The van der Waals surface area contributed by atoms with Gasteiger partial charge in [-0.2, -0.15) is 0 Å². The molecule has 0 aliphatic carbocycles. The Bertz CT molecular complexity index is 479. The van der Waals surface area contributed by atoms with Crippen LogP contribution in [0.4, 0.5) is 0 Å². The van der Waals surface area contributed by atoms with Crippen molar-refractivity contribution in [3.63, 3.8) is 0 Å². The fourth-order valence-corrected chi connectivity index (χ4v) is 3.64. The van der Waals surface area contributed by atoms with Gasteiger partial charge >= 0.3 is 0 Å². The fourth-order valence-electron chi connectivity index (χ4n) is 2.56. The van der Waals surface area contributed by atoms with Crippen molar-refractivity contribution in [3.05, 3.63) is 28.2 Å². The second kappa shape index (κ2) is 7.46. The van der Waals surface area contributed by atoms with Crippen LogP contribution in [0.15, 0.2) is 22.7 Å². The molecule has 1 unspecified atom stereocenters. The van der Waals surface area contributed by atoms with E-state index >= 15 is 0 Å². The third-order valence-electron chi connectivity index (χ3n) is 3.72. The number of ether oxygens (including phenoxy) is 1. The third-order valence-corrected chi connectivity index (χ3v) is 5.16. The van der Waals surface area contributed by atoms with Gasteiger partial charge in [0.15, 0.2) is 0 Å². The maximum atomic E-state index is 12.8. The lowest BCUT2D eigenvalue weighted by atomic mass is 10.1. The molecule has 0 radical (unpaired) electrons. The Labute approximate surface area is 136 Å². The molecule has 3 nitrogen and oxygen atoms in total. The van der Waals surface area contributed by atoms with Crippen LogP contribution in [0.2, 0.25) is 0 Å². The van der Waals surface area contributed by atoms with Crippen molar-refractivity contribution < 1.29 is 9.53 Å². The van der Waals surface area contributed by atoms with Crippen molar-refractivity contribution in [2.45, 2.75) is 31.7 Å². The molecule has 0 bridgehead atoms. The highest BCUT2D eigenvalue weighted by Gasteiger charge is 2.26. The largest absolute Gasteiger partial charge is 0.497 e. The molecule has 110 valence electrons. The normalized spacial score (nSPS) is 19.6. The molecule has 5 heteroatoms. The predicted molar refractivity (Wildman–Crippen MR) is 87.8 cm³/mol. The molecule has 1 saturated heterocycles. The van der Waals surface area contributed by atoms with E-state index in [9.17, 15) is 4.79 Å². The highest BCUT2D eigenvalue weighted by atomic mass is 79.9. The molecule has 2 rings (SSSR count). The van der Waals surface area contributed by atoms with Gasteiger partial charge in [-0.25, -0.2) is 0 Å². The van der Waals surface area contributed by atoms with Crippen LogP contribution in [0.25, 0.3) is 0 Å². The maximum Gasteiger partial charge on any atom is 0.255 e. The number of halogens is 2. The Morgan fingerprint density at radius 3 is 2.90 bits per heavy atom. The number of alkyl halides is 1. The summed E-state index contributed by atoms with van der Waals surface area (Å²) in [7, 11) is 1.62. The van der Waals surface area contributed by atoms with E-state index in [0.29, 0.717) is 11.3 Å². The van der Waals surface area contributed by atoms with Crippen LogP contribution < -0.4 is 4.74 Å². The molecule has 1 aliphatic rings. The zero-order valence-corrected chi connectivity index (χ0v) is 14.7. The van der Waals surface area contributed by atoms with Crippen molar-refractivity contribution in [1.29, 1.82) is 0 Å². The van der Waals surface area contributed by atoms with Gasteiger partial charge in [0.25, 0.3) is 5.91 Å². The highest BCUT2D eigenvalue weighted by Crippen LogP contribution is 2.27. The van der Waals surface area contributed by atoms with Gasteiger partial charge in [-0.1, -0.05) is 28.8 Å². The molecule has 0 spiro atoms. The lowest BCUT2D eigenvalue weighted by Gasteiger charge is -2.29. The molecule has 0 aromatic heterocycles. The molecule has 0 saturated carbocycles. The van der Waals surface area contributed by atoms with E-state index in [1.165, 1.54) is 12.8 Å². The number of hydrogen-bond donors (Lipinski definition) is 0. The Hall–Kier alpha value is -0.550. The number of carbonyl (C=O) groups is 1. The van der Waals surface area contributed by atoms with Crippen molar-refractivity contribution in [3.8, 4) is 5.75 Å². The van der Waals surface area contributed by atoms with Gasteiger partial charge in [-0.3, -0.25) is 4.79 Å². The smallest absolute Gasteiger partial charge is 0.255 e. The van der Waals surface area contributed by atoms with Crippen LogP contribution in [0.5, 0.6) is 5.75 Å². The number of benzene rings is 1. The van der Waals surface area contributed by atoms with Gasteiger partial charge in [0.1, 0.15) is 5.75 Å². The summed E-state index contributed by atoms with van der Waals surface area (Å²) in [6.07, 6.45) is 4.54. The minimum absolute atomic E-state index is 0.0853. The Balaban J connectivity index is 2.28. The Morgan fingerprint density at radius 1 is 1.40 bits per heavy atom. The van der Waals surface area contributed by atoms with Gasteiger partial charge in [-0.15, -0.1) is 0 Å². The summed E-state index contributed by atoms with van der Waals surface area (Å²) >= 11 is 7.02. The molecular weight excluding hydrogens is 386 g/mol. The summed E-state index contributed by atoms with van der Waals surface area (Å²) in [6, 6.07) is 5.81. The molecule has 1 aromatic rings. The molecule has 0 N–H and O–H groups in total. The Kier molecular flexibility index (Phi) is 5.90. The van der Waals surface area contributed by atoms with Gasteiger partial charge < -0.3 is 9.64 Å². The zero-order chi connectivity index (χ0) is 14.5. The van der Waals surface area contributed by atoms with Crippen molar-refractivity contribution in [2.24, 2.45) is 0 Å². The van der Waals surface area contributed by atoms with Gasteiger partial charge in [-0.05, 0) is 47.0 Å². The maximum absolute atomic E-state index is 12.8. The van der Waals surface area contributed by atoms with E-state index in [1.54, 1.807) is 7.11 Å².